The van der Waals surface area contributed by atoms with Gasteiger partial charge in [0.25, 0.3) is 0 Å². The first-order valence-corrected chi connectivity index (χ1v) is 5.27. The van der Waals surface area contributed by atoms with E-state index in [1.165, 1.54) is 0 Å². The topological polar surface area (TPSA) is 44.5 Å². The molecule has 84 valence electrons. The van der Waals surface area contributed by atoms with Gasteiger partial charge in [0.05, 0.1) is 17.7 Å². The monoisotopic (exact) mass is 229 g/mol. The van der Waals surface area contributed by atoms with Crippen LogP contribution in [0.15, 0.2) is 18.2 Å². The van der Waals surface area contributed by atoms with Crippen molar-refractivity contribution in [2.75, 3.05) is 18.9 Å². The predicted octanol–water partition coefficient (Wildman–Crippen LogP) is 2.73. The Morgan fingerprint density at radius 1 is 1.33 bits per heavy atom. The summed E-state index contributed by atoms with van der Waals surface area (Å²) in [5.74, 6) is 0.601. The van der Waals surface area contributed by atoms with Crippen molar-refractivity contribution in [1.82, 2.24) is 0 Å². The number of ether oxygens (including phenoxy) is 2. The van der Waals surface area contributed by atoms with Crippen LogP contribution < -0.4 is 10.5 Å². The molecule has 1 aromatic rings. The number of halogens is 1. The largest absolute Gasteiger partial charge is 0.490 e. The average Bonchev–Trinajstić information content (AvgIpc) is 2.17. The second-order valence-electron chi connectivity index (χ2n) is 3.46. The van der Waals surface area contributed by atoms with E-state index in [1.807, 2.05) is 13.8 Å². The van der Waals surface area contributed by atoms with Crippen molar-refractivity contribution in [2.45, 2.75) is 20.0 Å². The number of nitrogens with two attached hydrogens (primary N) is 1. The van der Waals surface area contributed by atoms with Gasteiger partial charge in [0.2, 0.25) is 0 Å². The second kappa shape index (κ2) is 5.83. The van der Waals surface area contributed by atoms with Crippen molar-refractivity contribution in [3.8, 4) is 5.75 Å². The summed E-state index contributed by atoms with van der Waals surface area (Å²) in [6, 6.07) is 5.16. The molecule has 0 aliphatic heterocycles. The minimum absolute atomic E-state index is 0.213. The van der Waals surface area contributed by atoms with E-state index in [0.29, 0.717) is 29.7 Å². The predicted molar refractivity (Wildman–Crippen MR) is 62.4 cm³/mol. The Hall–Kier alpha value is -0.930. The number of rotatable bonds is 5. The minimum atomic E-state index is 0.213. The molecule has 0 radical (unpaired) electrons. The summed E-state index contributed by atoms with van der Waals surface area (Å²) in [5, 5.41) is 0.564. The van der Waals surface area contributed by atoms with E-state index in [0.717, 1.165) is 0 Å². The van der Waals surface area contributed by atoms with Crippen molar-refractivity contribution in [2.24, 2.45) is 0 Å². The molecular formula is C11H16ClNO2. The fraction of sp³-hybridized carbons (Fsp3) is 0.455. The zero-order valence-electron chi connectivity index (χ0n) is 9.00. The van der Waals surface area contributed by atoms with E-state index in [1.54, 1.807) is 18.2 Å². The van der Waals surface area contributed by atoms with Gasteiger partial charge in [-0.25, -0.2) is 0 Å². The van der Waals surface area contributed by atoms with E-state index in [4.69, 9.17) is 26.8 Å². The van der Waals surface area contributed by atoms with Crippen LogP contribution in [0.5, 0.6) is 5.75 Å². The third-order valence-corrected chi connectivity index (χ3v) is 2.06. The molecule has 0 heterocycles. The first-order chi connectivity index (χ1) is 7.09. The SMILES string of the molecule is CC(C)OCCOc1cc(N)ccc1Cl. The molecule has 0 atom stereocenters. The van der Waals surface area contributed by atoms with Crippen LogP contribution in [0, 0.1) is 0 Å². The van der Waals surface area contributed by atoms with Gasteiger partial charge in [-0.05, 0) is 26.0 Å². The lowest BCUT2D eigenvalue weighted by Gasteiger charge is -2.10. The fourth-order valence-corrected chi connectivity index (χ4v) is 1.24. The Morgan fingerprint density at radius 2 is 2.07 bits per heavy atom. The van der Waals surface area contributed by atoms with E-state index in [9.17, 15) is 0 Å². The van der Waals surface area contributed by atoms with Crippen LogP contribution in [0.2, 0.25) is 5.02 Å². The van der Waals surface area contributed by atoms with Gasteiger partial charge in [-0.3, -0.25) is 0 Å². The lowest BCUT2D eigenvalue weighted by atomic mass is 10.3. The van der Waals surface area contributed by atoms with Gasteiger partial charge in [-0.2, -0.15) is 0 Å². The van der Waals surface area contributed by atoms with Crippen molar-refractivity contribution >= 4 is 17.3 Å². The second-order valence-corrected chi connectivity index (χ2v) is 3.87. The molecule has 0 unspecified atom stereocenters. The van der Waals surface area contributed by atoms with Crippen LogP contribution >= 0.6 is 11.6 Å². The van der Waals surface area contributed by atoms with Crippen molar-refractivity contribution < 1.29 is 9.47 Å². The maximum Gasteiger partial charge on any atom is 0.140 e. The van der Waals surface area contributed by atoms with Gasteiger partial charge in [0, 0.05) is 11.8 Å². The van der Waals surface area contributed by atoms with Crippen LogP contribution in [-0.2, 0) is 4.74 Å². The summed E-state index contributed by atoms with van der Waals surface area (Å²) in [5.41, 5.74) is 6.25. The first kappa shape index (κ1) is 12.1. The number of benzene rings is 1. The maximum absolute atomic E-state index is 5.92. The molecule has 0 saturated carbocycles. The molecule has 0 aromatic heterocycles. The van der Waals surface area contributed by atoms with Gasteiger partial charge < -0.3 is 15.2 Å². The molecule has 0 saturated heterocycles. The van der Waals surface area contributed by atoms with Gasteiger partial charge in [-0.1, -0.05) is 11.6 Å². The Labute approximate surface area is 95.1 Å². The van der Waals surface area contributed by atoms with Crippen LogP contribution in [0.4, 0.5) is 5.69 Å². The molecule has 4 heteroatoms. The Balaban J connectivity index is 2.40. The molecular weight excluding hydrogens is 214 g/mol. The highest BCUT2D eigenvalue weighted by Crippen LogP contribution is 2.26. The maximum atomic E-state index is 5.92. The van der Waals surface area contributed by atoms with E-state index in [-0.39, 0.29) is 6.10 Å². The van der Waals surface area contributed by atoms with Gasteiger partial charge in [0.1, 0.15) is 12.4 Å². The summed E-state index contributed by atoms with van der Waals surface area (Å²) in [6.45, 7) is 4.98. The molecule has 0 aliphatic rings. The van der Waals surface area contributed by atoms with E-state index in [2.05, 4.69) is 0 Å². The number of hydrogen-bond donors (Lipinski definition) is 1. The summed E-state index contributed by atoms with van der Waals surface area (Å²) in [4.78, 5) is 0. The van der Waals surface area contributed by atoms with Crippen molar-refractivity contribution in [1.29, 1.82) is 0 Å². The Kier molecular flexibility index (Phi) is 4.72. The standard InChI is InChI=1S/C11H16ClNO2/c1-8(2)14-5-6-15-11-7-9(13)3-4-10(11)12/h3-4,7-8H,5-6,13H2,1-2H3. The normalized spacial score (nSPS) is 10.7. The lowest BCUT2D eigenvalue weighted by molar-refractivity contribution is 0.0553. The highest BCUT2D eigenvalue weighted by molar-refractivity contribution is 6.32. The molecule has 3 nitrogen and oxygen atoms in total. The zero-order valence-corrected chi connectivity index (χ0v) is 9.75. The Bertz CT molecular complexity index is 315. The van der Waals surface area contributed by atoms with Crippen LogP contribution in [0.3, 0.4) is 0 Å². The molecule has 15 heavy (non-hydrogen) atoms. The number of anilines is 1. The first-order valence-electron chi connectivity index (χ1n) is 4.89. The molecule has 1 rings (SSSR count). The smallest absolute Gasteiger partial charge is 0.140 e. The molecule has 0 fully saturated rings. The molecule has 0 aliphatic carbocycles. The summed E-state index contributed by atoms with van der Waals surface area (Å²) < 4.78 is 10.8. The molecule has 0 bridgehead atoms. The van der Waals surface area contributed by atoms with Crippen molar-refractivity contribution in [3.05, 3.63) is 23.2 Å². The highest BCUT2D eigenvalue weighted by Gasteiger charge is 2.02. The summed E-state index contributed by atoms with van der Waals surface area (Å²) in [6.07, 6.45) is 0.213. The Morgan fingerprint density at radius 3 is 2.73 bits per heavy atom. The zero-order chi connectivity index (χ0) is 11.3. The van der Waals surface area contributed by atoms with Crippen molar-refractivity contribution in [3.63, 3.8) is 0 Å². The summed E-state index contributed by atoms with van der Waals surface area (Å²) in [7, 11) is 0. The molecule has 0 amide bonds. The van der Waals surface area contributed by atoms with Gasteiger partial charge in [-0.15, -0.1) is 0 Å². The molecule has 1 aromatic carbocycles. The summed E-state index contributed by atoms with van der Waals surface area (Å²) >= 11 is 5.92. The molecule has 0 spiro atoms. The fourth-order valence-electron chi connectivity index (χ4n) is 1.07. The average molecular weight is 230 g/mol. The minimum Gasteiger partial charge on any atom is -0.490 e. The van der Waals surface area contributed by atoms with Crippen LogP contribution in [0.25, 0.3) is 0 Å². The number of nitrogen functional groups attached to an aromatic ring is 1. The van der Waals surface area contributed by atoms with Gasteiger partial charge >= 0.3 is 0 Å². The quantitative estimate of drug-likeness (QED) is 0.624. The third kappa shape index (κ3) is 4.40. The highest BCUT2D eigenvalue weighted by atomic mass is 35.5. The van der Waals surface area contributed by atoms with E-state index >= 15 is 0 Å². The van der Waals surface area contributed by atoms with Gasteiger partial charge in [0.15, 0.2) is 0 Å². The van der Waals surface area contributed by atoms with Crippen LogP contribution in [0.1, 0.15) is 13.8 Å². The third-order valence-electron chi connectivity index (χ3n) is 1.75. The van der Waals surface area contributed by atoms with Crippen LogP contribution in [-0.4, -0.2) is 19.3 Å². The van der Waals surface area contributed by atoms with E-state index < -0.39 is 0 Å². The number of hydrogen-bond acceptors (Lipinski definition) is 3. The molecule has 2 N–H and O–H groups in total. The lowest BCUT2D eigenvalue weighted by Crippen LogP contribution is -2.11.